The number of thioether (sulfide) groups is 1. The maximum atomic E-state index is 10.1. The summed E-state index contributed by atoms with van der Waals surface area (Å²) in [6, 6.07) is 0.545. The monoisotopic (exact) mass is 247 g/mol. The molecule has 0 radical (unpaired) electrons. The van der Waals surface area contributed by atoms with Crippen LogP contribution < -0.4 is 5.32 Å². The van der Waals surface area contributed by atoms with Crippen LogP contribution in [-0.4, -0.2) is 35.3 Å². The number of aliphatic hydroxyl groups is 1. The Morgan fingerprint density at radius 2 is 1.94 bits per heavy atom. The lowest BCUT2D eigenvalue weighted by Gasteiger charge is -2.27. The normalized spacial score (nSPS) is 19.1. The summed E-state index contributed by atoms with van der Waals surface area (Å²) in [6.07, 6.45) is 5.62. The van der Waals surface area contributed by atoms with E-state index < -0.39 is 5.60 Å². The highest BCUT2D eigenvalue weighted by Crippen LogP contribution is 2.14. The lowest BCUT2D eigenvalue weighted by atomic mass is 9.97. The highest BCUT2D eigenvalue weighted by Gasteiger charge is 2.21. The van der Waals surface area contributed by atoms with Gasteiger partial charge in [0.2, 0.25) is 0 Å². The van der Waals surface area contributed by atoms with Crippen molar-refractivity contribution in [1.82, 2.24) is 5.32 Å². The predicted molar refractivity (Wildman–Crippen MR) is 75.2 cm³/mol. The van der Waals surface area contributed by atoms with Crippen LogP contribution >= 0.6 is 11.8 Å². The number of hydrogen-bond acceptors (Lipinski definition) is 3. The number of rotatable bonds is 9. The summed E-state index contributed by atoms with van der Waals surface area (Å²) in [5, 5.41) is 13.6. The molecule has 0 heterocycles. The van der Waals surface area contributed by atoms with Crippen LogP contribution in [-0.2, 0) is 0 Å². The topological polar surface area (TPSA) is 32.3 Å². The molecule has 98 valence electrons. The summed E-state index contributed by atoms with van der Waals surface area (Å²) in [5.41, 5.74) is -0.581. The van der Waals surface area contributed by atoms with Gasteiger partial charge in [-0.2, -0.15) is 11.8 Å². The average molecular weight is 247 g/mol. The molecule has 3 atom stereocenters. The van der Waals surface area contributed by atoms with E-state index in [2.05, 4.69) is 26.1 Å². The fourth-order valence-corrected chi connectivity index (χ4v) is 2.50. The second-order valence-electron chi connectivity index (χ2n) is 5.17. The summed E-state index contributed by atoms with van der Waals surface area (Å²) >= 11 is 1.70. The van der Waals surface area contributed by atoms with Gasteiger partial charge in [0.1, 0.15) is 0 Å². The molecule has 16 heavy (non-hydrogen) atoms. The van der Waals surface area contributed by atoms with Crippen LogP contribution in [0.2, 0.25) is 0 Å². The average Bonchev–Trinajstić information content (AvgIpc) is 2.23. The Hall–Kier alpha value is 0.270. The van der Waals surface area contributed by atoms with Gasteiger partial charge in [-0.1, -0.05) is 27.2 Å². The van der Waals surface area contributed by atoms with Crippen LogP contribution in [0, 0.1) is 5.92 Å². The minimum Gasteiger partial charge on any atom is -0.388 e. The van der Waals surface area contributed by atoms with E-state index >= 15 is 0 Å². The van der Waals surface area contributed by atoms with Crippen LogP contribution in [0.25, 0.3) is 0 Å². The van der Waals surface area contributed by atoms with E-state index in [4.69, 9.17) is 0 Å². The van der Waals surface area contributed by atoms with Gasteiger partial charge in [-0.3, -0.25) is 0 Å². The Kier molecular flexibility index (Phi) is 8.52. The van der Waals surface area contributed by atoms with E-state index in [1.165, 1.54) is 12.8 Å². The van der Waals surface area contributed by atoms with E-state index in [0.29, 0.717) is 12.6 Å². The molecular weight excluding hydrogens is 218 g/mol. The summed E-state index contributed by atoms with van der Waals surface area (Å²) in [6.45, 7) is 9.35. The van der Waals surface area contributed by atoms with Crippen molar-refractivity contribution in [3.63, 3.8) is 0 Å². The zero-order valence-electron chi connectivity index (χ0n) is 11.5. The molecule has 3 heteroatoms. The Balaban J connectivity index is 3.94. The summed E-state index contributed by atoms with van der Waals surface area (Å²) < 4.78 is 0. The van der Waals surface area contributed by atoms with Crippen molar-refractivity contribution in [2.45, 2.75) is 58.6 Å². The van der Waals surface area contributed by atoms with Crippen LogP contribution in [0.5, 0.6) is 0 Å². The van der Waals surface area contributed by atoms with Crippen LogP contribution in [0.3, 0.4) is 0 Å². The fourth-order valence-electron chi connectivity index (χ4n) is 1.77. The van der Waals surface area contributed by atoms with Gasteiger partial charge in [-0.05, 0) is 31.9 Å². The molecule has 0 aromatic carbocycles. The number of hydrogen-bond donors (Lipinski definition) is 2. The quantitative estimate of drug-likeness (QED) is 0.657. The zero-order valence-corrected chi connectivity index (χ0v) is 12.4. The van der Waals surface area contributed by atoms with Crippen molar-refractivity contribution in [3.05, 3.63) is 0 Å². The third-order valence-electron chi connectivity index (χ3n) is 3.10. The predicted octanol–water partition coefficient (Wildman–Crippen LogP) is 2.90. The molecule has 0 fully saturated rings. The molecule has 2 nitrogen and oxygen atoms in total. The lowest BCUT2D eigenvalue weighted by molar-refractivity contribution is 0.0800. The molecule has 0 aliphatic carbocycles. The van der Waals surface area contributed by atoms with Gasteiger partial charge in [0.15, 0.2) is 0 Å². The summed E-state index contributed by atoms with van der Waals surface area (Å²) in [5.74, 6) is 1.56. The molecule has 0 rings (SSSR count). The second-order valence-corrected chi connectivity index (χ2v) is 6.03. The smallest absolute Gasteiger partial charge is 0.0833 e. The SMILES string of the molecule is CCC(C)CC(CC)NCC(C)(O)CSC. The summed E-state index contributed by atoms with van der Waals surface area (Å²) in [4.78, 5) is 0. The first-order valence-electron chi connectivity index (χ1n) is 6.39. The van der Waals surface area contributed by atoms with Crippen LogP contribution in [0.1, 0.15) is 47.0 Å². The van der Waals surface area contributed by atoms with Crippen molar-refractivity contribution >= 4 is 11.8 Å². The second kappa shape index (κ2) is 8.37. The molecule has 2 N–H and O–H groups in total. The van der Waals surface area contributed by atoms with Gasteiger partial charge >= 0.3 is 0 Å². The Morgan fingerprint density at radius 1 is 1.31 bits per heavy atom. The maximum Gasteiger partial charge on any atom is 0.0833 e. The van der Waals surface area contributed by atoms with Crippen molar-refractivity contribution in [3.8, 4) is 0 Å². The van der Waals surface area contributed by atoms with Crippen LogP contribution in [0.15, 0.2) is 0 Å². The van der Waals surface area contributed by atoms with Gasteiger partial charge in [-0.15, -0.1) is 0 Å². The van der Waals surface area contributed by atoms with Crippen molar-refractivity contribution < 1.29 is 5.11 Å². The molecular formula is C13H29NOS. The van der Waals surface area contributed by atoms with Crippen molar-refractivity contribution in [1.29, 1.82) is 0 Å². The van der Waals surface area contributed by atoms with Gasteiger partial charge in [0.05, 0.1) is 5.60 Å². The minimum atomic E-state index is -0.581. The number of nitrogens with one attached hydrogen (secondary N) is 1. The summed E-state index contributed by atoms with van der Waals surface area (Å²) in [7, 11) is 0. The van der Waals surface area contributed by atoms with Gasteiger partial charge < -0.3 is 10.4 Å². The highest BCUT2D eigenvalue weighted by atomic mass is 32.2. The van der Waals surface area contributed by atoms with Gasteiger partial charge in [0.25, 0.3) is 0 Å². The molecule has 0 saturated heterocycles. The largest absolute Gasteiger partial charge is 0.388 e. The van der Waals surface area contributed by atoms with Gasteiger partial charge in [0, 0.05) is 18.3 Å². The molecule has 0 aromatic rings. The first kappa shape index (κ1) is 16.3. The Labute approximate surface area is 106 Å². The third kappa shape index (κ3) is 7.53. The third-order valence-corrected chi connectivity index (χ3v) is 4.01. The highest BCUT2D eigenvalue weighted by molar-refractivity contribution is 7.98. The van der Waals surface area contributed by atoms with Crippen molar-refractivity contribution in [2.75, 3.05) is 18.6 Å². The van der Waals surface area contributed by atoms with Crippen LogP contribution in [0.4, 0.5) is 0 Å². The first-order chi connectivity index (χ1) is 7.45. The van der Waals surface area contributed by atoms with E-state index in [1.54, 1.807) is 11.8 Å². The standard InChI is InChI=1S/C13H29NOS/c1-6-11(3)8-12(7-2)14-9-13(4,15)10-16-5/h11-12,14-15H,6-10H2,1-5H3. The first-order valence-corrected chi connectivity index (χ1v) is 7.79. The van der Waals surface area contributed by atoms with E-state index in [-0.39, 0.29) is 0 Å². The fraction of sp³-hybridized carbons (Fsp3) is 1.00. The van der Waals surface area contributed by atoms with E-state index in [0.717, 1.165) is 18.1 Å². The maximum absolute atomic E-state index is 10.1. The molecule has 0 amide bonds. The van der Waals surface area contributed by atoms with Crippen molar-refractivity contribution in [2.24, 2.45) is 5.92 Å². The van der Waals surface area contributed by atoms with E-state index in [1.807, 2.05) is 13.2 Å². The van der Waals surface area contributed by atoms with E-state index in [9.17, 15) is 5.11 Å². The molecule has 0 bridgehead atoms. The molecule has 0 aliphatic heterocycles. The molecule has 0 saturated carbocycles. The minimum absolute atomic E-state index is 0.545. The zero-order chi connectivity index (χ0) is 12.6. The molecule has 0 spiro atoms. The molecule has 0 aliphatic rings. The lowest BCUT2D eigenvalue weighted by Crippen LogP contribution is -2.44. The van der Waals surface area contributed by atoms with Gasteiger partial charge in [-0.25, -0.2) is 0 Å². The Bertz CT molecular complexity index is 173. The Morgan fingerprint density at radius 3 is 2.38 bits per heavy atom. The molecule has 0 aromatic heterocycles. The molecule has 3 unspecified atom stereocenters.